The predicted molar refractivity (Wildman–Crippen MR) is 96.3 cm³/mol. The summed E-state index contributed by atoms with van der Waals surface area (Å²) in [6, 6.07) is 12.2. The van der Waals surface area contributed by atoms with Crippen molar-refractivity contribution in [1.82, 2.24) is 10.2 Å². The van der Waals surface area contributed by atoms with Crippen molar-refractivity contribution in [2.45, 2.75) is 19.3 Å². The molecule has 4 nitrogen and oxygen atoms in total. The minimum Gasteiger partial charge on any atom is -0.437 e. The molecule has 2 aromatic rings. The van der Waals surface area contributed by atoms with Crippen molar-refractivity contribution in [2.75, 3.05) is 11.9 Å². The molecule has 0 aliphatic rings. The quantitative estimate of drug-likeness (QED) is 0.508. The number of pyridine rings is 1. The monoisotopic (exact) mass is 381 g/mol. The Labute approximate surface area is 144 Å². The smallest absolute Gasteiger partial charge is 0.373 e. The van der Waals surface area contributed by atoms with E-state index in [-0.39, 0.29) is 6.04 Å². The first-order valence-electron chi connectivity index (χ1n) is 7.07. The third-order valence-electron chi connectivity index (χ3n) is 3.15. The molecule has 0 saturated carbocycles. The normalized spacial score (nSPS) is 12.0. The number of halogens is 2. The maximum absolute atomic E-state index is 9.60. The van der Waals surface area contributed by atoms with E-state index in [9.17, 15) is 5.02 Å². The first kappa shape index (κ1) is 17.3. The lowest BCUT2D eigenvalue weighted by molar-refractivity contribution is 0.519. The molecular weight excluding hydrogens is 364 g/mol. The van der Waals surface area contributed by atoms with Crippen LogP contribution in [0.3, 0.4) is 0 Å². The summed E-state index contributed by atoms with van der Waals surface area (Å²) >= 11 is 9.25. The van der Waals surface area contributed by atoms with Crippen LogP contribution in [0, 0.1) is 0 Å². The molecule has 3 N–H and O–H groups in total. The van der Waals surface area contributed by atoms with Crippen LogP contribution in [-0.2, 0) is 6.42 Å². The molecule has 0 unspecified atom stereocenters. The molecule has 22 heavy (non-hydrogen) atoms. The van der Waals surface area contributed by atoms with Crippen molar-refractivity contribution in [3.8, 4) is 0 Å². The molecule has 116 valence electrons. The van der Waals surface area contributed by atoms with Crippen LogP contribution in [-0.4, -0.2) is 29.6 Å². The summed E-state index contributed by atoms with van der Waals surface area (Å²) in [6.07, 6.45) is 2.51. The number of hydrogen-bond acceptors (Lipinski definition) is 4. The maximum atomic E-state index is 9.60. The topological polar surface area (TPSA) is 57.2 Å². The fourth-order valence-electron chi connectivity index (χ4n) is 2.19. The fraction of sp³-hybridized carbons (Fsp3) is 0.267. The van der Waals surface area contributed by atoms with Crippen molar-refractivity contribution < 1.29 is 5.02 Å². The molecule has 1 aromatic heterocycles. The van der Waals surface area contributed by atoms with Gasteiger partial charge in [0.1, 0.15) is 5.15 Å². The summed E-state index contributed by atoms with van der Waals surface area (Å²) in [5.41, 5.74) is 2.10. The number of nitrogens with zero attached hydrogens (tertiary/aromatic N) is 1. The highest BCUT2D eigenvalue weighted by molar-refractivity contribution is 9.10. The second-order valence-electron chi connectivity index (χ2n) is 5.11. The zero-order valence-electron chi connectivity index (χ0n) is 12.3. The van der Waals surface area contributed by atoms with Gasteiger partial charge in [0.05, 0.1) is 16.4 Å². The summed E-state index contributed by atoms with van der Waals surface area (Å²) in [6.45, 7) is 2.38. The lowest BCUT2D eigenvalue weighted by Crippen LogP contribution is -2.45. The van der Waals surface area contributed by atoms with Gasteiger partial charge in [-0.3, -0.25) is 0 Å². The molecule has 1 heterocycles. The Bertz CT molecular complexity index is 601. The number of rotatable bonds is 7. The van der Waals surface area contributed by atoms with Crippen molar-refractivity contribution in [3.05, 3.63) is 57.8 Å². The zero-order valence-corrected chi connectivity index (χ0v) is 14.6. The number of hydrogen-bond donors (Lipinski definition) is 3. The Balaban J connectivity index is 1.98. The molecule has 1 aromatic carbocycles. The minimum atomic E-state index is -0.564. The van der Waals surface area contributed by atoms with Crippen molar-refractivity contribution in [2.24, 2.45) is 0 Å². The molecule has 0 radical (unpaired) electrons. The van der Waals surface area contributed by atoms with E-state index in [1.54, 1.807) is 13.0 Å². The van der Waals surface area contributed by atoms with E-state index in [2.05, 4.69) is 43.6 Å². The lowest BCUT2D eigenvalue weighted by Gasteiger charge is -2.21. The van der Waals surface area contributed by atoms with E-state index < -0.39 is 7.05 Å². The van der Waals surface area contributed by atoms with Crippen LogP contribution in [0.25, 0.3) is 0 Å². The number of anilines is 1. The summed E-state index contributed by atoms with van der Waals surface area (Å²) in [7, 11) is -0.564. The van der Waals surface area contributed by atoms with E-state index in [1.165, 1.54) is 5.56 Å². The first-order valence-corrected chi connectivity index (χ1v) is 8.24. The van der Waals surface area contributed by atoms with Crippen LogP contribution < -0.4 is 10.5 Å². The van der Waals surface area contributed by atoms with Crippen molar-refractivity contribution in [3.63, 3.8) is 0 Å². The number of aromatic nitrogens is 1. The summed E-state index contributed by atoms with van der Waals surface area (Å²) < 4.78 is 0.752. The van der Waals surface area contributed by atoms with Crippen LogP contribution in [0.1, 0.15) is 5.56 Å². The Kier molecular flexibility index (Phi) is 6.70. The molecule has 0 bridgehead atoms. The van der Waals surface area contributed by atoms with Gasteiger partial charge < -0.3 is 15.6 Å². The van der Waals surface area contributed by atoms with Gasteiger partial charge in [-0.05, 0) is 40.8 Å². The average molecular weight is 382 g/mol. The van der Waals surface area contributed by atoms with Crippen molar-refractivity contribution in [1.29, 1.82) is 0 Å². The summed E-state index contributed by atoms with van der Waals surface area (Å²) in [5, 5.41) is 16.5. The Morgan fingerprint density at radius 1 is 1.36 bits per heavy atom. The highest BCUT2D eigenvalue weighted by atomic mass is 79.9. The molecule has 0 spiro atoms. The second kappa shape index (κ2) is 8.53. The molecule has 0 saturated heterocycles. The SMILES string of the molecule is CB(O)N[C@H](CNc1cnc(Cl)c(Br)c1)Cc1ccccc1. The molecule has 0 aliphatic carbocycles. The standard InChI is InChI=1S/C15H18BBrClN3O/c1-16(22)21-13(7-11-5-3-2-4-6-11)10-19-12-8-14(17)15(18)20-9-12/h2-6,8-9,13,19,21-22H,7,10H2,1H3/t13-/m0/s1. The van der Waals surface area contributed by atoms with Gasteiger partial charge in [-0.15, -0.1) is 0 Å². The number of benzene rings is 1. The molecular formula is C15H18BBrClN3O. The van der Waals surface area contributed by atoms with Gasteiger partial charge in [0.15, 0.2) is 0 Å². The van der Waals surface area contributed by atoms with Gasteiger partial charge in [-0.25, -0.2) is 4.98 Å². The van der Waals surface area contributed by atoms with Crippen LogP contribution in [0.2, 0.25) is 12.0 Å². The van der Waals surface area contributed by atoms with Gasteiger partial charge in [-0.2, -0.15) is 0 Å². The van der Waals surface area contributed by atoms with E-state index in [0.29, 0.717) is 11.7 Å². The van der Waals surface area contributed by atoms with Gasteiger partial charge in [-0.1, -0.05) is 41.9 Å². The molecule has 1 atom stereocenters. The summed E-state index contributed by atoms with van der Waals surface area (Å²) in [5.74, 6) is 0. The Hall–Kier alpha value is -1.08. The van der Waals surface area contributed by atoms with Crippen LogP contribution >= 0.6 is 27.5 Å². The molecule has 2 rings (SSSR count). The van der Waals surface area contributed by atoms with Gasteiger partial charge >= 0.3 is 7.05 Å². The van der Waals surface area contributed by atoms with E-state index >= 15 is 0 Å². The molecule has 0 fully saturated rings. The van der Waals surface area contributed by atoms with E-state index in [4.69, 9.17) is 11.6 Å². The maximum Gasteiger partial charge on any atom is 0.373 e. The Morgan fingerprint density at radius 2 is 2.09 bits per heavy atom. The largest absolute Gasteiger partial charge is 0.437 e. The predicted octanol–water partition coefficient (Wildman–Crippen LogP) is 3.22. The molecule has 0 aliphatic heterocycles. The van der Waals surface area contributed by atoms with Crippen LogP contribution in [0.15, 0.2) is 47.1 Å². The first-order chi connectivity index (χ1) is 10.5. The third kappa shape index (κ3) is 5.61. The highest BCUT2D eigenvalue weighted by Gasteiger charge is 2.14. The zero-order chi connectivity index (χ0) is 15.9. The van der Waals surface area contributed by atoms with E-state index in [1.807, 2.05) is 24.3 Å². The lowest BCUT2D eigenvalue weighted by atomic mass is 9.86. The molecule has 0 amide bonds. The summed E-state index contributed by atoms with van der Waals surface area (Å²) in [4.78, 5) is 4.09. The van der Waals surface area contributed by atoms with E-state index in [0.717, 1.165) is 16.6 Å². The third-order valence-corrected chi connectivity index (χ3v) is 4.28. The van der Waals surface area contributed by atoms with Crippen LogP contribution in [0.5, 0.6) is 0 Å². The second-order valence-corrected chi connectivity index (χ2v) is 6.32. The van der Waals surface area contributed by atoms with Gasteiger partial charge in [0.2, 0.25) is 0 Å². The Morgan fingerprint density at radius 3 is 2.73 bits per heavy atom. The van der Waals surface area contributed by atoms with Crippen LogP contribution in [0.4, 0.5) is 5.69 Å². The van der Waals surface area contributed by atoms with Gasteiger partial charge in [0, 0.05) is 12.6 Å². The minimum absolute atomic E-state index is 0.0943. The molecule has 7 heteroatoms. The fourth-order valence-corrected chi connectivity index (χ4v) is 2.64. The highest BCUT2D eigenvalue weighted by Crippen LogP contribution is 2.22. The average Bonchev–Trinajstić information content (AvgIpc) is 2.49. The number of nitrogens with one attached hydrogen (secondary N) is 2. The van der Waals surface area contributed by atoms with Gasteiger partial charge in [0.25, 0.3) is 0 Å². The van der Waals surface area contributed by atoms with Crippen molar-refractivity contribution >= 4 is 40.3 Å².